The molecule has 2 heteroatoms. The summed E-state index contributed by atoms with van der Waals surface area (Å²) in [5.41, 5.74) is 2.98. The first kappa shape index (κ1) is 15.4. The Hall–Kier alpha value is -1.57. The molecule has 0 spiro atoms. The predicted molar refractivity (Wildman–Crippen MR) is 81.0 cm³/mol. The van der Waals surface area contributed by atoms with Crippen LogP contribution in [0, 0.1) is 0 Å². The molecule has 89 valence electrons. The van der Waals surface area contributed by atoms with Gasteiger partial charge in [-0.3, -0.25) is 4.99 Å². The Morgan fingerprint density at radius 1 is 1.18 bits per heavy atom. The van der Waals surface area contributed by atoms with Crippen LogP contribution in [0.2, 0.25) is 6.82 Å². The minimum atomic E-state index is 0.889. The molecule has 17 heavy (non-hydrogen) atoms. The lowest BCUT2D eigenvalue weighted by atomic mass is 9.71. The Balaban J connectivity index is 4.60. The zero-order valence-corrected chi connectivity index (χ0v) is 11.1. The Morgan fingerprint density at radius 3 is 2.41 bits per heavy atom. The highest BCUT2D eigenvalue weighted by Crippen LogP contribution is 2.04. The fraction of sp³-hybridized carbons (Fsp3) is 0.267. The second kappa shape index (κ2) is 9.65. The van der Waals surface area contributed by atoms with E-state index < -0.39 is 0 Å². The zero-order chi connectivity index (χ0) is 13.1. The third-order valence-electron chi connectivity index (χ3n) is 2.04. The maximum Gasteiger partial charge on any atom is 0.148 e. The van der Waals surface area contributed by atoms with Gasteiger partial charge in [-0.1, -0.05) is 62.8 Å². The predicted octanol–water partition coefficient (Wildman–Crippen LogP) is 3.96. The molecule has 0 aliphatic carbocycles. The van der Waals surface area contributed by atoms with Gasteiger partial charge in [0.25, 0.3) is 0 Å². The summed E-state index contributed by atoms with van der Waals surface area (Å²) in [5, 5.41) is 0. The summed E-state index contributed by atoms with van der Waals surface area (Å²) in [6, 6.07) is 0. The van der Waals surface area contributed by atoms with E-state index in [-0.39, 0.29) is 0 Å². The van der Waals surface area contributed by atoms with Gasteiger partial charge in [0.2, 0.25) is 0 Å². The molecular weight excluding hydrogens is 205 g/mol. The lowest BCUT2D eigenvalue weighted by molar-refractivity contribution is 1.22. The van der Waals surface area contributed by atoms with Crippen LogP contribution in [0.3, 0.4) is 0 Å². The maximum atomic E-state index is 3.95. The fourth-order valence-corrected chi connectivity index (χ4v) is 1.17. The standard InChI is InChI=1S/C15H21BN/c1-6-7-8-13(2)9-10-15(16-4)11-14(3)12-17-5/h7-12H,2-3,6H2,1,4-5H3/b8-7-,10-9-,15-11+,17-12?. The average Bonchev–Trinajstić information content (AvgIpc) is 2.32. The third-order valence-corrected chi connectivity index (χ3v) is 2.04. The molecule has 0 fully saturated rings. The highest BCUT2D eigenvalue weighted by molar-refractivity contribution is 6.45. The van der Waals surface area contributed by atoms with E-state index in [4.69, 9.17) is 0 Å². The van der Waals surface area contributed by atoms with Crippen molar-refractivity contribution in [1.29, 1.82) is 0 Å². The molecule has 1 radical (unpaired) electrons. The van der Waals surface area contributed by atoms with E-state index in [1.54, 1.807) is 13.3 Å². The summed E-state index contributed by atoms with van der Waals surface area (Å²) in [7, 11) is 3.77. The van der Waals surface area contributed by atoms with E-state index in [1.165, 1.54) is 0 Å². The van der Waals surface area contributed by atoms with Crippen molar-refractivity contribution in [1.82, 2.24) is 0 Å². The Labute approximate surface area is 106 Å². The molecule has 0 heterocycles. The highest BCUT2D eigenvalue weighted by atomic mass is 14.6. The summed E-state index contributed by atoms with van der Waals surface area (Å²) in [5.74, 6) is 0. The summed E-state index contributed by atoms with van der Waals surface area (Å²) in [6.45, 7) is 11.9. The van der Waals surface area contributed by atoms with Gasteiger partial charge in [0.15, 0.2) is 0 Å². The largest absolute Gasteiger partial charge is 0.296 e. The summed E-state index contributed by atoms with van der Waals surface area (Å²) >= 11 is 0. The van der Waals surface area contributed by atoms with E-state index in [0.29, 0.717) is 0 Å². The van der Waals surface area contributed by atoms with Crippen molar-refractivity contribution in [3.63, 3.8) is 0 Å². The molecule has 0 unspecified atom stereocenters. The van der Waals surface area contributed by atoms with E-state index in [0.717, 1.165) is 23.0 Å². The first-order chi connectivity index (χ1) is 8.13. The van der Waals surface area contributed by atoms with Crippen LogP contribution in [0.5, 0.6) is 0 Å². The minimum Gasteiger partial charge on any atom is -0.296 e. The molecule has 0 aromatic rings. The van der Waals surface area contributed by atoms with Gasteiger partial charge >= 0.3 is 0 Å². The average molecular weight is 226 g/mol. The van der Waals surface area contributed by atoms with E-state index in [1.807, 2.05) is 38.4 Å². The van der Waals surface area contributed by atoms with Crippen LogP contribution in [-0.4, -0.2) is 20.5 Å². The van der Waals surface area contributed by atoms with Crippen molar-refractivity contribution in [2.24, 2.45) is 4.99 Å². The second-order valence-corrected chi connectivity index (χ2v) is 3.61. The lowest BCUT2D eigenvalue weighted by Gasteiger charge is -1.97. The summed E-state index contributed by atoms with van der Waals surface area (Å²) in [6.07, 6.45) is 12.9. The van der Waals surface area contributed by atoms with Gasteiger partial charge in [0, 0.05) is 13.3 Å². The zero-order valence-electron chi connectivity index (χ0n) is 11.1. The molecule has 0 atom stereocenters. The maximum absolute atomic E-state index is 3.95. The molecule has 0 bridgehead atoms. The van der Waals surface area contributed by atoms with Crippen molar-refractivity contribution < 1.29 is 0 Å². The van der Waals surface area contributed by atoms with Gasteiger partial charge in [-0.2, -0.15) is 0 Å². The van der Waals surface area contributed by atoms with Crippen LogP contribution in [0.4, 0.5) is 0 Å². The van der Waals surface area contributed by atoms with Crippen LogP contribution < -0.4 is 0 Å². The van der Waals surface area contributed by atoms with Crippen molar-refractivity contribution >= 4 is 13.5 Å². The molecule has 0 N–H and O–H groups in total. The van der Waals surface area contributed by atoms with Crippen LogP contribution in [-0.2, 0) is 0 Å². The molecule has 0 aliphatic heterocycles. The smallest absolute Gasteiger partial charge is 0.148 e. The van der Waals surface area contributed by atoms with Gasteiger partial charge in [0.05, 0.1) is 0 Å². The number of rotatable bonds is 7. The Bertz CT molecular complexity index is 370. The van der Waals surface area contributed by atoms with Crippen molar-refractivity contribution in [2.75, 3.05) is 7.05 Å². The van der Waals surface area contributed by atoms with Crippen molar-refractivity contribution in [3.05, 3.63) is 60.2 Å². The number of hydrogen-bond acceptors (Lipinski definition) is 1. The quantitative estimate of drug-likeness (QED) is 0.354. The van der Waals surface area contributed by atoms with Crippen molar-refractivity contribution in [3.8, 4) is 0 Å². The molecule has 1 nitrogen and oxygen atoms in total. The monoisotopic (exact) mass is 226 g/mol. The SMILES string of the molecule is C=C(C=NC)/C=C([B]C)\C=C/C(=C)/C=C\CC. The lowest BCUT2D eigenvalue weighted by Crippen LogP contribution is -1.89. The molecule has 0 amide bonds. The Kier molecular flexibility index (Phi) is 8.76. The third kappa shape index (κ3) is 8.26. The topological polar surface area (TPSA) is 12.4 Å². The van der Waals surface area contributed by atoms with E-state index in [2.05, 4.69) is 31.2 Å². The van der Waals surface area contributed by atoms with E-state index in [9.17, 15) is 0 Å². The van der Waals surface area contributed by atoms with Crippen LogP contribution in [0.1, 0.15) is 13.3 Å². The van der Waals surface area contributed by atoms with Gasteiger partial charge in [0.1, 0.15) is 7.28 Å². The normalized spacial score (nSPS) is 12.8. The van der Waals surface area contributed by atoms with Gasteiger partial charge < -0.3 is 0 Å². The molecule has 0 saturated heterocycles. The number of hydrogen-bond donors (Lipinski definition) is 0. The van der Waals surface area contributed by atoms with Crippen LogP contribution in [0.25, 0.3) is 0 Å². The first-order valence-corrected chi connectivity index (χ1v) is 5.79. The molecule has 0 aromatic heterocycles. The summed E-state index contributed by atoms with van der Waals surface area (Å²) in [4.78, 5) is 3.92. The molecule has 0 rings (SSSR count). The highest BCUT2D eigenvalue weighted by Gasteiger charge is 1.91. The van der Waals surface area contributed by atoms with E-state index >= 15 is 0 Å². The van der Waals surface area contributed by atoms with Crippen LogP contribution >= 0.6 is 0 Å². The van der Waals surface area contributed by atoms with Gasteiger partial charge in [-0.05, 0) is 17.6 Å². The number of nitrogens with zero attached hydrogens (tertiary/aromatic N) is 1. The first-order valence-electron chi connectivity index (χ1n) is 5.79. The van der Waals surface area contributed by atoms with Gasteiger partial charge in [-0.25, -0.2) is 0 Å². The Morgan fingerprint density at radius 2 is 1.88 bits per heavy atom. The molecule has 0 saturated carbocycles. The minimum absolute atomic E-state index is 0.889. The second-order valence-electron chi connectivity index (χ2n) is 3.61. The van der Waals surface area contributed by atoms with Crippen molar-refractivity contribution in [2.45, 2.75) is 20.2 Å². The number of aliphatic imine (C=N–C) groups is 1. The number of allylic oxidation sites excluding steroid dienone is 8. The summed E-state index contributed by atoms with van der Waals surface area (Å²) < 4.78 is 0. The molecule has 0 aliphatic rings. The van der Waals surface area contributed by atoms with Gasteiger partial charge in [-0.15, -0.1) is 0 Å². The van der Waals surface area contributed by atoms with Crippen LogP contribution in [0.15, 0.2) is 65.1 Å². The molecular formula is C15H21BN. The fourth-order valence-electron chi connectivity index (χ4n) is 1.17. The molecule has 0 aromatic carbocycles.